The van der Waals surface area contributed by atoms with Crippen molar-refractivity contribution in [1.82, 2.24) is 9.88 Å². The predicted molar refractivity (Wildman–Crippen MR) is 90.6 cm³/mol. The van der Waals surface area contributed by atoms with E-state index in [1.807, 2.05) is 0 Å². The molecule has 1 spiro atoms. The first-order chi connectivity index (χ1) is 12.6. The molecule has 1 aromatic carbocycles. The monoisotopic (exact) mass is 359 g/mol. The first-order valence-electron chi connectivity index (χ1n) is 8.35. The maximum Gasteiger partial charge on any atom is 0.322 e. The molecule has 136 valence electrons. The Morgan fingerprint density at radius 3 is 2.65 bits per heavy atom. The van der Waals surface area contributed by atoms with Gasteiger partial charge in [-0.05, 0) is 30.3 Å². The number of carbonyl (C=O) groups is 1. The largest absolute Gasteiger partial charge is 0.439 e. The number of anilines is 1. The van der Waals surface area contributed by atoms with E-state index in [1.165, 1.54) is 30.5 Å². The molecule has 1 aromatic heterocycles. The van der Waals surface area contributed by atoms with Crippen LogP contribution in [-0.2, 0) is 9.47 Å². The number of aromatic nitrogens is 1. The molecule has 7 nitrogen and oxygen atoms in total. The first kappa shape index (κ1) is 16.7. The third-order valence-corrected chi connectivity index (χ3v) is 4.32. The Bertz CT molecular complexity index is 776. The molecule has 0 radical (unpaired) electrons. The standard InChI is InChI=1S/C18H18FN3O4/c19-13-1-4-15(5-2-13)26-16-6-3-14(11-20-16)21-17(23)22-8-7-18(12-22)24-9-10-25-18/h1-6,11H,7-10,12H2,(H,21,23). The normalized spacial score (nSPS) is 18.3. The summed E-state index contributed by atoms with van der Waals surface area (Å²) >= 11 is 0. The number of likely N-dealkylation sites (tertiary alicyclic amines) is 1. The number of pyridine rings is 1. The third-order valence-electron chi connectivity index (χ3n) is 4.32. The van der Waals surface area contributed by atoms with E-state index in [0.717, 1.165) is 0 Å². The Morgan fingerprint density at radius 2 is 1.96 bits per heavy atom. The van der Waals surface area contributed by atoms with Gasteiger partial charge in [-0.15, -0.1) is 0 Å². The molecule has 2 aromatic rings. The van der Waals surface area contributed by atoms with Gasteiger partial charge in [0.1, 0.15) is 11.6 Å². The van der Waals surface area contributed by atoms with E-state index in [0.29, 0.717) is 50.0 Å². The number of rotatable bonds is 3. The minimum Gasteiger partial charge on any atom is -0.439 e. The van der Waals surface area contributed by atoms with Gasteiger partial charge in [0.25, 0.3) is 0 Å². The zero-order valence-corrected chi connectivity index (χ0v) is 14.0. The van der Waals surface area contributed by atoms with Crippen LogP contribution in [0.3, 0.4) is 0 Å². The van der Waals surface area contributed by atoms with Crippen molar-refractivity contribution in [3.8, 4) is 11.6 Å². The molecule has 2 amide bonds. The van der Waals surface area contributed by atoms with Crippen LogP contribution in [0.25, 0.3) is 0 Å². The van der Waals surface area contributed by atoms with Gasteiger partial charge in [-0.1, -0.05) is 0 Å². The van der Waals surface area contributed by atoms with Gasteiger partial charge >= 0.3 is 6.03 Å². The molecule has 2 fully saturated rings. The van der Waals surface area contributed by atoms with Crippen molar-refractivity contribution in [3.63, 3.8) is 0 Å². The van der Waals surface area contributed by atoms with Crippen LogP contribution in [-0.4, -0.2) is 48.0 Å². The lowest BCUT2D eigenvalue weighted by Gasteiger charge is -2.22. The maximum absolute atomic E-state index is 12.9. The van der Waals surface area contributed by atoms with Crippen molar-refractivity contribution in [2.75, 3.05) is 31.6 Å². The Morgan fingerprint density at radius 1 is 1.19 bits per heavy atom. The molecule has 2 aliphatic rings. The molecule has 2 aliphatic heterocycles. The molecular formula is C18H18FN3O4. The van der Waals surface area contributed by atoms with Gasteiger partial charge in [0, 0.05) is 19.0 Å². The summed E-state index contributed by atoms with van der Waals surface area (Å²) < 4.78 is 29.6. The smallest absolute Gasteiger partial charge is 0.322 e. The zero-order valence-electron chi connectivity index (χ0n) is 14.0. The fourth-order valence-corrected chi connectivity index (χ4v) is 3.00. The van der Waals surface area contributed by atoms with Gasteiger partial charge < -0.3 is 24.4 Å². The summed E-state index contributed by atoms with van der Waals surface area (Å²) in [5.74, 6) is -0.139. The van der Waals surface area contributed by atoms with E-state index in [9.17, 15) is 9.18 Å². The average molecular weight is 359 g/mol. The molecular weight excluding hydrogens is 341 g/mol. The molecule has 2 saturated heterocycles. The molecule has 0 atom stereocenters. The van der Waals surface area contributed by atoms with Crippen molar-refractivity contribution in [1.29, 1.82) is 0 Å². The van der Waals surface area contributed by atoms with Crippen LogP contribution in [0.2, 0.25) is 0 Å². The van der Waals surface area contributed by atoms with Crippen molar-refractivity contribution >= 4 is 11.7 Å². The summed E-state index contributed by atoms with van der Waals surface area (Å²) in [6.45, 7) is 2.12. The molecule has 1 N–H and O–H groups in total. The van der Waals surface area contributed by atoms with E-state index in [2.05, 4.69) is 10.3 Å². The van der Waals surface area contributed by atoms with Crippen molar-refractivity contribution in [2.24, 2.45) is 0 Å². The summed E-state index contributed by atoms with van der Waals surface area (Å²) in [7, 11) is 0. The maximum atomic E-state index is 12.9. The topological polar surface area (TPSA) is 72.9 Å². The van der Waals surface area contributed by atoms with Gasteiger partial charge in [-0.2, -0.15) is 0 Å². The van der Waals surface area contributed by atoms with Crippen LogP contribution in [0.1, 0.15) is 6.42 Å². The molecule has 8 heteroatoms. The number of hydrogen-bond acceptors (Lipinski definition) is 5. The van der Waals surface area contributed by atoms with E-state index in [1.54, 1.807) is 17.0 Å². The van der Waals surface area contributed by atoms with Gasteiger partial charge in [0.05, 0.1) is 31.6 Å². The summed E-state index contributed by atoms with van der Waals surface area (Å²) in [6.07, 6.45) is 2.17. The average Bonchev–Trinajstić information content (AvgIpc) is 3.29. The second-order valence-corrected chi connectivity index (χ2v) is 6.15. The third kappa shape index (κ3) is 3.61. The fraction of sp³-hybridized carbons (Fsp3) is 0.333. The molecule has 0 bridgehead atoms. The number of nitrogens with zero attached hydrogens (tertiary/aromatic N) is 2. The highest BCUT2D eigenvalue weighted by Crippen LogP contribution is 2.30. The summed E-state index contributed by atoms with van der Waals surface area (Å²) in [4.78, 5) is 18.2. The van der Waals surface area contributed by atoms with E-state index < -0.39 is 5.79 Å². The van der Waals surface area contributed by atoms with Crippen molar-refractivity contribution in [3.05, 3.63) is 48.4 Å². The van der Waals surface area contributed by atoms with E-state index in [4.69, 9.17) is 14.2 Å². The number of carbonyl (C=O) groups excluding carboxylic acids is 1. The minimum absolute atomic E-state index is 0.227. The zero-order chi connectivity index (χ0) is 18.0. The van der Waals surface area contributed by atoms with Crippen molar-refractivity contribution < 1.29 is 23.4 Å². The number of ether oxygens (including phenoxy) is 3. The van der Waals surface area contributed by atoms with Crippen LogP contribution in [0.5, 0.6) is 11.6 Å². The Balaban J connectivity index is 1.34. The van der Waals surface area contributed by atoms with Crippen LogP contribution in [0.4, 0.5) is 14.9 Å². The predicted octanol–water partition coefficient (Wildman–Crippen LogP) is 2.99. The Hall–Kier alpha value is -2.71. The lowest BCUT2D eigenvalue weighted by molar-refractivity contribution is -0.143. The number of amides is 2. The van der Waals surface area contributed by atoms with Crippen molar-refractivity contribution in [2.45, 2.75) is 12.2 Å². The number of halogens is 1. The summed E-state index contributed by atoms with van der Waals surface area (Å²) in [5.41, 5.74) is 0.552. The second-order valence-electron chi connectivity index (χ2n) is 6.15. The highest BCUT2D eigenvalue weighted by molar-refractivity contribution is 5.89. The van der Waals surface area contributed by atoms with Crippen LogP contribution in [0.15, 0.2) is 42.6 Å². The van der Waals surface area contributed by atoms with Gasteiger partial charge in [-0.25, -0.2) is 14.2 Å². The highest BCUT2D eigenvalue weighted by atomic mass is 19.1. The minimum atomic E-state index is -0.636. The fourth-order valence-electron chi connectivity index (χ4n) is 3.00. The molecule has 0 unspecified atom stereocenters. The number of benzene rings is 1. The molecule has 3 heterocycles. The van der Waals surface area contributed by atoms with Gasteiger partial charge in [-0.3, -0.25) is 0 Å². The Labute approximate surface area is 149 Å². The second kappa shape index (κ2) is 6.89. The first-order valence-corrected chi connectivity index (χ1v) is 8.35. The number of hydrogen-bond donors (Lipinski definition) is 1. The van der Waals surface area contributed by atoms with E-state index >= 15 is 0 Å². The molecule has 26 heavy (non-hydrogen) atoms. The van der Waals surface area contributed by atoms with E-state index in [-0.39, 0.29) is 11.8 Å². The molecule has 4 rings (SSSR count). The summed E-state index contributed by atoms with van der Waals surface area (Å²) in [6, 6.07) is 8.75. The SMILES string of the molecule is O=C(Nc1ccc(Oc2ccc(F)cc2)nc1)N1CCC2(C1)OCCO2. The van der Waals surface area contributed by atoms with Gasteiger partial charge in [0.2, 0.25) is 5.88 Å². The van der Waals surface area contributed by atoms with Gasteiger partial charge in [0.15, 0.2) is 5.79 Å². The number of urea groups is 1. The lowest BCUT2D eigenvalue weighted by atomic mass is 10.2. The Kier molecular flexibility index (Phi) is 4.44. The lowest BCUT2D eigenvalue weighted by Crippen LogP contribution is -2.38. The quantitative estimate of drug-likeness (QED) is 0.912. The van der Waals surface area contributed by atoms with Crippen LogP contribution in [0, 0.1) is 5.82 Å². The number of nitrogens with one attached hydrogen (secondary N) is 1. The van der Waals surface area contributed by atoms with Crippen LogP contribution >= 0.6 is 0 Å². The highest BCUT2D eigenvalue weighted by Gasteiger charge is 2.44. The molecule has 0 aliphatic carbocycles. The van der Waals surface area contributed by atoms with Crippen LogP contribution < -0.4 is 10.1 Å². The summed E-state index contributed by atoms with van der Waals surface area (Å²) in [5, 5.41) is 2.80. The molecule has 0 saturated carbocycles.